The number of carboxylic acid groups (broad SMARTS) is 1. The molecular weight excluding hydrogens is 284 g/mol. The molecule has 1 aromatic heterocycles. The number of aromatic nitrogens is 1. The predicted octanol–water partition coefficient (Wildman–Crippen LogP) is 3.29. The third-order valence-corrected chi connectivity index (χ3v) is 2.39. The molecule has 0 aliphatic heterocycles. The lowest BCUT2D eigenvalue weighted by atomic mass is 10.1. The van der Waals surface area contributed by atoms with E-state index >= 15 is 0 Å². The van der Waals surface area contributed by atoms with Crippen LogP contribution in [0, 0.1) is 0 Å². The monoisotopic (exact) mass is 289 g/mol. The molecule has 0 radical (unpaired) electrons. The average Bonchev–Trinajstić information content (AvgIpc) is 2.80. The number of alkyl halides is 2. The van der Waals surface area contributed by atoms with Gasteiger partial charge < -0.3 is 14.4 Å². The van der Waals surface area contributed by atoms with Crippen LogP contribution in [0.2, 0.25) is 5.02 Å². The SMILES string of the molecule is O=C(O)c1cc(-c2cc(Cl)ccc2OC(F)F)no1. The molecular formula is C11H6ClF2NO4. The van der Waals surface area contributed by atoms with Crippen molar-refractivity contribution < 1.29 is 27.9 Å². The maximum atomic E-state index is 12.3. The van der Waals surface area contributed by atoms with Gasteiger partial charge in [-0.15, -0.1) is 0 Å². The summed E-state index contributed by atoms with van der Waals surface area (Å²) in [5.41, 5.74) is 0.152. The van der Waals surface area contributed by atoms with E-state index in [1.807, 2.05) is 0 Å². The summed E-state index contributed by atoms with van der Waals surface area (Å²) in [5, 5.41) is 12.4. The standard InChI is InChI=1S/C11H6ClF2NO4/c12-5-1-2-8(18-11(13)14)6(3-5)7-4-9(10(16)17)19-15-7/h1-4,11H,(H,16,17). The molecule has 1 aromatic carbocycles. The lowest BCUT2D eigenvalue weighted by Crippen LogP contribution is -2.03. The Bertz CT molecular complexity index is 614. The number of ether oxygens (including phenoxy) is 1. The fourth-order valence-corrected chi connectivity index (χ4v) is 1.58. The molecule has 0 fully saturated rings. The van der Waals surface area contributed by atoms with E-state index in [9.17, 15) is 13.6 Å². The second-order valence-electron chi connectivity index (χ2n) is 3.40. The highest BCUT2D eigenvalue weighted by Gasteiger charge is 2.17. The average molecular weight is 290 g/mol. The van der Waals surface area contributed by atoms with E-state index in [0.717, 1.165) is 6.07 Å². The van der Waals surface area contributed by atoms with Gasteiger partial charge in [0.2, 0.25) is 5.76 Å². The van der Waals surface area contributed by atoms with Crippen molar-refractivity contribution in [2.75, 3.05) is 0 Å². The molecule has 1 N–H and O–H groups in total. The molecule has 0 amide bonds. The molecule has 0 bridgehead atoms. The summed E-state index contributed by atoms with van der Waals surface area (Å²) < 4.78 is 33.4. The number of halogens is 3. The Morgan fingerprint density at radius 2 is 2.16 bits per heavy atom. The first kappa shape index (κ1) is 13.3. The number of benzene rings is 1. The zero-order valence-corrected chi connectivity index (χ0v) is 9.90. The molecule has 0 saturated carbocycles. The lowest BCUT2D eigenvalue weighted by molar-refractivity contribution is -0.0494. The Balaban J connectivity index is 2.46. The third kappa shape index (κ3) is 3.00. The predicted molar refractivity (Wildman–Crippen MR) is 60.5 cm³/mol. The first-order chi connectivity index (χ1) is 8.97. The van der Waals surface area contributed by atoms with Gasteiger partial charge in [0.25, 0.3) is 0 Å². The number of carbonyl (C=O) groups is 1. The van der Waals surface area contributed by atoms with Gasteiger partial charge in [-0.1, -0.05) is 16.8 Å². The molecule has 1 heterocycles. The maximum absolute atomic E-state index is 12.3. The van der Waals surface area contributed by atoms with Gasteiger partial charge in [0, 0.05) is 16.7 Å². The van der Waals surface area contributed by atoms with Crippen LogP contribution >= 0.6 is 11.6 Å². The minimum atomic E-state index is -3.02. The van der Waals surface area contributed by atoms with Crippen molar-refractivity contribution in [3.63, 3.8) is 0 Å². The zero-order chi connectivity index (χ0) is 14.0. The Kier molecular flexibility index (Phi) is 3.66. The first-order valence-corrected chi connectivity index (χ1v) is 5.30. The minimum absolute atomic E-state index is 0.0375. The van der Waals surface area contributed by atoms with E-state index in [-0.39, 0.29) is 22.0 Å². The van der Waals surface area contributed by atoms with Crippen LogP contribution in [0.3, 0.4) is 0 Å². The van der Waals surface area contributed by atoms with Crippen molar-refractivity contribution in [2.24, 2.45) is 0 Å². The van der Waals surface area contributed by atoms with Gasteiger partial charge in [0.05, 0.1) is 0 Å². The fourth-order valence-electron chi connectivity index (χ4n) is 1.40. The van der Waals surface area contributed by atoms with E-state index in [0.29, 0.717) is 0 Å². The van der Waals surface area contributed by atoms with Gasteiger partial charge >= 0.3 is 12.6 Å². The molecule has 0 aliphatic rings. The zero-order valence-electron chi connectivity index (χ0n) is 9.14. The van der Waals surface area contributed by atoms with Crippen LogP contribution in [0.25, 0.3) is 11.3 Å². The summed E-state index contributed by atoms with van der Waals surface area (Å²) in [6, 6.07) is 5.01. The number of rotatable bonds is 4. The normalized spacial score (nSPS) is 10.7. The van der Waals surface area contributed by atoms with Gasteiger partial charge in [0.1, 0.15) is 11.4 Å². The molecule has 5 nitrogen and oxygen atoms in total. The van der Waals surface area contributed by atoms with Gasteiger partial charge in [0.15, 0.2) is 0 Å². The topological polar surface area (TPSA) is 72.6 Å². The van der Waals surface area contributed by atoms with Gasteiger partial charge in [-0.2, -0.15) is 8.78 Å². The Morgan fingerprint density at radius 3 is 2.74 bits per heavy atom. The van der Waals surface area contributed by atoms with E-state index in [4.69, 9.17) is 16.7 Å². The van der Waals surface area contributed by atoms with E-state index in [1.165, 1.54) is 18.2 Å². The van der Waals surface area contributed by atoms with Crippen LogP contribution in [0.1, 0.15) is 10.6 Å². The number of carboxylic acids is 1. The molecule has 100 valence electrons. The second kappa shape index (κ2) is 5.23. The summed E-state index contributed by atoms with van der Waals surface area (Å²) in [5.74, 6) is -1.92. The van der Waals surface area contributed by atoms with Crippen LogP contribution in [0.5, 0.6) is 5.75 Å². The van der Waals surface area contributed by atoms with Crippen molar-refractivity contribution in [1.82, 2.24) is 5.16 Å². The smallest absolute Gasteiger partial charge is 0.387 e. The van der Waals surface area contributed by atoms with Crippen LogP contribution in [0.4, 0.5) is 8.78 Å². The van der Waals surface area contributed by atoms with Crippen LogP contribution < -0.4 is 4.74 Å². The summed E-state index contributed by atoms with van der Waals surface area (Å²) in [6.07, 6.45) is 0. The number of nitrogens with zero attached hydrogens (tertiary/aromatic N) is 1. The van der Waals surface area contributed by atoms with Crippen molar-refractivity contribution in [1.29, 1.82) is 0 Å². The summed E-state index contributed by atoms with van der Waals surface area (Å²) in [6.45, 7) is -3.02. The second-order valence-corrected chi connectivity index (χ2v) is 3.84. The van der Waals surface area contributed by atoms with Crippen LogP contribution in [-0.2, 0) is 0 Å². The molecule has 0 atom stereocenters. The molecule has 0 unspecified atom stereocenters. The van der Waals surface area contributed by atoms with E-state index in [2.05, 4.69) is 14.4 Å². The number of hydrogen-bond donors (Lipinski definition) is 1. The Hall–Kier alpha value is -2.15. The molecule has 19 heavy (non-hydrogen) atoms. The van der Waals surface area contributed by atoms with Gasteiger partial charge in [-0.05, 0) is 18.2 Å². The molecule has 2 aromatic rings. The Morgan fingerprint density at radius 1 is 1.42 bits per heavy atom. The van der Waals surface area contributed by atoms with Crippen LogP contribution in [0.15, 0.2) is 28.8 Å². The van der Waals surface area contributed by atoms with Gasteiger partial charge in [-0.25, -0.2) is 4.79 Å². The fraction of sp³-hybridized carbons (Fsp3) is 0.0909. The molecule has 0 spiro atoms. The first-order valence-electron chi connectivity index (χ1n) is 4.92. The minimum Gasteiger partial charge on any atom is -0.475 e. The van der Waals surface area contributed by atoms with E-state index < -0.39 is 18.3 Å². The summed E-state index contributed by atoms with van der Waals surface area (Å²) in [4.78, 5) is 10.7. The van der Waals surface area contributed by atoms with E-state index in [1.54, 1.807) is 0 Å². The van der Waals surface area contributed by atoms with Crippen LogP contribution in [-0.4, -0.2) is 22.8 Å². The van der Waals surface area contributed by atoms with Gasteiger partial charge in [-0.3, -0.25) is 0 Å². The molecule has 2 rings (SSSR count). The quantitative estimate of drug-likeness (QED) is 0.935. The van der Waals surface area contributed by atoms with Crippen molar-refractivity contribution >= 4 is 17.6 Å². The van der Waals surface area contributed by atoms with Crippen molar-refractivity contribution in [2.45, 2.75) is 6.61 Å². The maximum Gasteiger partial charge on any atom is 0.387 e. The van der Waals surface area contributed by atoms with Crippen molar-refractivity contribution in [3.05, 3.63) is 35.0 Å². The third-order valence-electron chi connectivity index (χ3n) is 2.15. The largest absolute Gasteiger partial charge is 0.475 e. The number of hydrogen-bond acceptors (Lipinski definition) is 4. The molecule has 0 saturated heterocycles. The summed E-state index contributed by atoms with van der Waals surface area (Å²) in [7, 11) is 0. The molecule has 8 heteroatoms. The lowest BCUT2D eigenvalue weighted by Gasteiger charge is -2.08. The highest BCUT2D eigenvalue weighted by Crippen LogP contribution is 2.33. The highest BCUT2D eigenvalue weighted by atomic mass is 35.5. The van der Waals surface area contributed by atoms with Crippen molar-refractivity contribution in [3.8, 4) is 17.0 Å². The Labute approximate surface area is 110 Å². The number of aromatic carboxylic acids is 1. The summed E-state index contributed by atoms with van der Waals surface area (Å²) >= 11 is 5.75. The highest BCUT2D eigenvalue weighted by molar-refractivity contribution is 6.30. The molecule has 0 aliphatic carbocycles.